The molecule has 5 heteroatoms. The standard InChI is InChI=1S/C30H41N3O2/c1-5-7-19-32(20-8-6-2)21-14-22-35-31-25(4)23-27-29(26-16-10-9-11-17-26)33(30(27)34)28-18-13-12-15-24(28)3/h9-13,15-18,23,29H,5-8,14,19-22H2,1-4H3/b27-23+,31-25+. The maximum absolute atomic E-state index is 13.2. The second-order valence-corrected chi connectivity index (χ2v) is 9.34. The number of anilines is 1. The van der Waals surface area contributed by atoms with Gasteiger partial charge in [-0.15, -0.1) is 0 Å². The molecule has 188 valence electrons. The van der Waals surface area contributed by atoms with Gasteiger partial charge in [0.15, 0.2) is 0 Å². The molecule has 1 amide bonds. The van der Waals surface area contributed by atoms with E-state index in [9.17, 15) is 4.79 Å². The summed E-state index contributed by atoms with van der Waals surface area (Å²) >= 11 is 0. The minimum Gasteiger partial charge on any atom is -0.396 e. The lowest BCUT2D eigenvalue weighted by Crippen LogP contribution is -2.49. The van der Waals surface area contributed by atoms with Gasteiger partial charge in [0.1, 0.15) is 6.61 Å². The van der Waals surface area contributed by atoms with Crippen LogP contribution in [0, 0.1) is 6.92 Å². The van der Waals surface area contributed by atoms with E-state index in [-0.39, 0.29) is 11.9 Å². The SMILES string of the molecule is CCCCN(CCCC)CCCO/N=C(C)/C=C1/C(=O)N(c2ccccc2C)C1c1ccccc1. The summed E-state index contributed by atoms with van der Waals surface area (Å²) < 4.78 is 0. The van der Waals surface area contributed by atoms with Gasteiger partial charge >= 0.3 is 0 Å². The average Bonchev–Trinajstić information content (AvgIpc) is 2.87. The van der Waals surface area contributed by atoms with Gasteiger partial charge in [0.25, 0.3) is 5.91 Å². The summed E-state index contributed by atoms with van der Waals surface area (Å²) in [5.74, 6) is 0.0187. The predicted octanol–water partition coefficient (Wildman–Crippen LogP) is 6.69. The minimum absolute atomic E-state index is 0.0187. The minimum atomic E-state index is -0.124. The highest BCUT2D eigenvalue weighted by Crippen LogP contribution is 2.44. The Hall–Kier alpha value is -2.92. The first-order valence-corrected chi connectivity index (χ1v) is 13.1. The average molecular weight is 476 g/mol. The first-order chi connectivity index (χ1) is 17.1. The van der Waals surface area contributed by atoms with Crippen molar-refractivity contribution in [2.75, 3.05) is 31.1 Å². The molecule has 1 fully saturated rings. The normalized spacial score (nSPS) is 17.2. The van der Waals surface area contributed by atoms with Crippen LogP contribution < -0.4 is 4.90 Å². The van der Waals surface area contributed by atoms with Crippen molar-refractivity contribution in [3.8, 4) is 0 Å². The fraction of sp³-hybridized carbons (Fsp3) is 0.467. The molecule has 0 radical (unpaired) electrons. The van der Waals surface area contributed by atoms with Crippen molar-refractivity contribution in [1.29, 1.82) is 0 Å². The number of rotatable bonds is 14. The molecule has 1 heterocycles. The maximum atomic E-state index is 13.2. The molecule has 1 aliphatic heterocycles. The van der Waals surface area contributed by atoms with E-state index < -0.39 is 0 Å². The van der Waals surface area contributed by atoms with E-state index >= 15 is 0 Å². The summed E-state index contributed by atoms with van der Waals surface area (Å²) in [7, 11) is 0. The van der Waals surface area contributed by atoms with Gasteiger partial charge in [-0.2, -0.15) is 0 Å². The van der Waals surface area contributed by atoms with Crippen LogP contribution in [0.2, 0.25) is 0 Å². The highest BCUT2D eigenvalue weighted by atomic mass is 16.6. The molecule has 2 aromatic carbocycles. The van der Waals surface area contributed by atoms with Crippen molar-refractivity contribution >= 4 is 17.3 Å². The smallest absolute Gasteiger partial charge is 0.257 e. The molecule has 0 aliphatic carbocycles. The molecule has 1 unspecified atom stereocenters. The molecule has 1 aliphatic rings. The molecule has 0 N–H and O–H groups in total. The number of aryl methyl sites for hydroxylation is 1. The highest BCUT2D eigenvalue weighted by Gasteiger charge is 2.44. The van der Waals surface area contributed by atoms with Crippen LogP contribution in [-0.2, 0) is 9.63 Å². The molecule has 0 aromatic heterocycles. The Morgan fingerprint density at radius 3 is 2.26 bits per heavy atom. The number of hydrogen-bond acceptors (Lipinski definition) is 4. The maximum Gasteiger partial charge on any atom is 0.257 e. The van der Waals surface area contributed by atoms with E-state index in [0.717, 1.165) is 48.4 Å². The summed E-state index contributed by atoms with van der Waals surface area (Å²) in [5.41, 5.74) is 4.59. The fourth-order valence-electron chi connectivity index (χ4n) is 4.48. The molecule has 0 saturated carbocycles. The fourth-order valence-corrected chi connectivity index (χ4v) is 4.48. The van der Waals surface area contributed by atoms with E-state index in [1.807, 2.05) is 67.3 Å². The number of nitrogens with zero attached hydrogens (tertiary/aromatic N) is 3. The van der Waals surface area contributed by atoms with Gasteiger partial charge < -0.3 is 9.74 Å². The Morgan fingerprint density at radius 1 is 0.971 bits per heavy atom. The molecule has 5 nitrogen and oxygen atoms in total. The monoisotopic (exact) mass is 475 g/mol. The van der Waals surface area contributed by atoms with Crippen LogP contribution in [0.25, 0.3) is 0 Å². The lowest BCUT2D eigenvalue weighted by Gasteiger charge is -2.43. The molecular weight excluding hydrogens is 434 g/mol. The van der Waals surface area contributed by atoms with Gasteiger partial charge in [-0.1, -0.05) is 80.4 Å². The number of amides is 1. The Balaban J connectivity index is 1.63. The van der Waals surface area contributed by atoms with Crippen LogP contribution in [0.5, 0.6) is 0 Å². The third kappa shape index (κ3) is 7.28. The third-order valence-electron chi connectivity index (χ3n) is 6.45. The quantitative estimate of drug-likeness (QED) is 0.100. The van der Waals surface area contributed by atoms with Gasteiger partial charge in [0.05, 0.1) is 11.8 Å². The number of benzene rings is 2. The zero-order valence-electron chi connectivity index (χ0n) is 21.9. The number of hydrogen-bond donors (Lipinski definition) is 0. The zero-order chi connectivity index (χ0) is 25.0. The first-order valence-electron chi connectivity index (χ1n) is 13.1. The van der Waals surface area contributed by atoms with Gasteiger partial charge in [-0.3, -0.25) is 9.69 Å². The Morgan fingerprint density at radius 2 is 1.60 bits per heavy atom. The first kappa shape index (κ1) is 26.7. The van der Waals surface area contributed by atoms with Crippen molar-refractivity contribution in [2.45, 2.75) is 65.8 Å². The van der Waals surface area contributed by atoms with Gasteiger partial charge in [0, 0.05) is 17.8 Å². The lowest BCUT2D eigenvalue weighted by molar-refractivity contribution is -0.119. The summed E-state index contributed by atoms with van der Waals surface area (Å²) in [6.45, 7) is 12.4. The number of oxime groups is 1. The van der Waals surface area contributed by atoms with E-state index in [4.69, 9.17) is 4.84 Å². The molecule has 1 saturated heterocycles. The summed E-state index contributed by atoms with van der Waals surface area (Å²) in [4.78, 5) is 23.3. The van der Waals surface area contributed by atoms with Crippen molar-refractivity contribution in [3.05, 3.63) is 77.4 Å². The summed E-state index contributed by atoms with van der Waals surface area (Å²) in [5, 5.41) is 4.30. The largest absolute Gasteiger partial charge is 0.396 e. The second kappa shape index (κ2) is 13.8. The molecule has 1 atom stereocenters. The van der Waals surface area contributed by atoms with Crippen LogP contribution in [0.3, 0.4) is 0 Å². The highest BCUT2D eigenvalue weighted by molar-refractivity contribution is 6.18. The van der Waals surface area contributed by atoms with Gasteiger partial charge in [-0.25, -0.2) is 0 Å². The van der Waals surface area contributed by atoms with Crippen molar-refractivity contribution in [1.82, 2.24) is 4.90 Å². The van der Waals surface area contributed by atoms with Crippen molar-refractivity contribution in [2.24, 2.45) is 5.16 Å². The molecule has 3 rings (SSSR count). The molecular formula is C30H41N3O2. The van der Waals surface area contributed by atoms with Gasteiger partial charge in [0.2, 0.25) is 0 Å². The number of allylic oxidation sites excluding steroid dienone is 1. The second-order valence-electron chi connectivity index (χ2n) is 9.34. The Kier molecular flexibility index (Phi) is 10.5. The number of para-hydroxylation sites is 1. The van der Waals surface area contributed by atoms with Crippen LogP contribution in [-0.4, -0.2) is 42.8 Å². The molecule has 0 bridgehead atoms. The number of carbonyl (C=O) groups excluding carboxylic acids is 1. The van der Waals surface area contributed by atoms with Crippen LogP contribution in [0.15, 0.2) is 71.4 Å². The van der Waals surface area contributed by atoms with E-state index in [1.165, 1.54) is 25.7 Å². The molecule has 2 aromatic rings. The van der Waals surface area contributed by atoms with Crippen LogP contribution in [0.4, 0.5) is 5.69 Å². The van der Waals surface area contributed by atoms with Crippen LogP contribution >= 0.6 is 0 Å². The van der Waals surface area contributed by atoms with E-state index in [1.54, 1.807) is 0 Å². The summed E-state index contributed by atoms with van der Waals surface area (Å²) in [6, 6.07) is 18.1. The zero-order valence-corrected chi connectivity index (χ0v) is 21.9. The lowest BCUT2D eigenvalue weighted by atomic mass is 9.86. The number of unbranched alkanes of at least 4 members (excludes halogenated alkanes) is 2. The molecule has 0 spiro atoms. The third-order valence-corrected chi connectivity index (χ3v) is 6.45. The molecule has 35 heavy (non-hydrogen) atoms. The van der Waals surface area contributed by atoms with Gasteiger partial charge in [-0.05, 0) is 69.5 Å². The Bertz CT molecular complexity index is 992. The van der Waals surface area contributed by atoms with Crippen molar-refractivity contribution < 1.29 is 9.63 Å². The topological polar surface area (TPSA) is 45.1 Å². The number of carbonyl (C=O) groups is 1. The van der Waals surface area contributed by atoms with Crippen molar-refractivity contribution in [3.63, 3.8) is 0 Å². The van der Waals surface area contributed by atoms with E-state index in [0.29, 0.717) is 12.3 Å². The predicted molar refractivity (Wildman–Crippen MR) is 146 cm³/mol. The van der Waals surface area contributed by atoms with Crippen LogP contribution in [0.1, 0.15) is 70.0 Å². The Labute approximate surface area is 211 Å². The summed E-state index contributed by atoms with van der Waals surface area (Å²) in [6.07, 6.45) is 7.76. The van der Waals surface area contributed by atoms with E-state index in [2.05, 4.69) is 36.0 Å². The number of β-lactam (4-membered cyclic amide) rings is 1.